The van der Waals surface area contributed by atoms with E-state index in [1.165, 1.54) is 10.9 Å². The van der Waals surface area contributed by atoms with Gasteiger partial charge in [0.2, 0.25) is 10.9 Å². The van der Waals surface area contributed by atoms with Crippen LogP contribution in [0.1, 0.15) is 5.56 Å². The molecule has 0 amide bonds. The molecule has 0 aliphatic heterocycles. The van der Waals surface area contributed by atoms with Crippen LogP contribution >= 0.6 is 0 Å². The fourth-order valence-corrected chi connectivity index (χ4v) is 3.57. The number of aromatic nitrogens is 4. The molecule has 9 nitrogen and oxygen atoms in total. The zero-order valence-corrected chi connectivity index (χ0v) is 16.9. The minimum Gasteiger partial charge on any atom is -0.453 e. The highest BCUT2D eigenvalue weighted by Crippen LogP contribution is 2.37. The van der Waals surface area contributed by atoms with Gasteiger partial charge in [0, 0.05) is 42.5 Å². The van der Waals surface area contributed by atoms with Gasteiger partial charge in [-0.15, -0.1) is 0 Å². The summed E-state index contributed by atoms with van der Waals surface area (Å²) >= 11 is 0. The number of benzene rings is 1. The molecule has 3 aromatic heterocycles. The summed E-state index contributed by atoms with van der Waals surface area (Å²) in [7, 11) is -0.953. The van der Waals surface area contributed by atoms with Crippen molar-refractivity contribution in [3.63, 3.8) is 0 Å². The molecule has 4 rings (SSSR count). The maximum absolute atomic E-state index is 12.4. The Labute approximate surface area is 173 Å². The van der Waals surface area contributed by atoms with E-state index < -0.39 is 10.9 Å². The third-order valence-electron chi connectivity index (χ3n) is 4.65. The number of nitrogens with one attached hydrogen (secondary N) is 2. The van der Waals surface area contributed by atoms with E-state index in [1.54, 1.807) is 31.8 Å². The van der Waals surface area contributed by atoms with Crippen molar-refractivity contribution in [3.8, 4) is 22.6 Å². The average Bonchev–Trinajstić information content (AvgIpc) is 3.22. The molecule has 0 saturated carbocycles. The number of fused-ring (bicyclic) bond motifs is 1. The summed E-state index contributed by atoms with van der Waals surface area (Å²) in [6.45, 7) is 0.289. The van der Waals surface area contributed by atoms with Crippen molar-refractivity contribution in [2.24, 2.45) is 7.05 Å². The highest BCUT2D eigenvalue weighted by molar-refractivity contribution is 7.70. The summed E-state index contributed by atoms with van der Waals surface area (Å²) in [5.41, 5.74) is 2.87. The molecule has 0 bridgehead atoms. The molecule has 2 N–H and O–H groups in total. The second-order valence-electron chi connectivity index (χ2n) is 6.65. The SMILES string of the molecule is Cn1cc(-c2cc(CCN[SH](=O)=O)ccc2Oc2cncnc2)c2cc[nH]c2c1=O. The van der Waals surface area contributed by atoms with Crippen LogP contribution in [0.5, 0.6) is 11.5 Å². The Morgan fingerprint density at radius 2 is 1.97 bits per heavy atom. The number of rotatable bonds is 7. The summed E-state index contributed by atoms with van der Waals surface area (Å²) in [6, 6.07) is 7.47. The molecule has 30 heavy (non-hydrogen) atoms. The largest absolute Gasteiger partial charge is 0.453 e. The highest BCUT2D eigenvalue weighted by Gasteiger charge is 2.15. The van der Waals surface area contributed by atoms with E-state index in [1.807, 2.05) is 24.3 Å². The molecule has 4 aromatic rings. The van der Waals surface area contributed by atoms with Gasteiger partial charge in [0.05, 0.1) is 12.4 Å². The zero-order valence-electron chi connectivity index (χ0n) is 16.0. The summed E-state index contributed by atoms with van der Waals surface area (Å²) in [5.74, 6) is 1.05. The first kappa shape index (κ1) is 19.8. The van der Waals surface area contributed by atoms with E-state index in [0.29, 0.717) is 23.4 Å². The van der Waals surface area contributed by atoms with Gasteiger partial charge in [-0.25, -0.2) is 23.1 Å². The lowest BCUT2D eigenvalue weighted by Gasteiger charge is -2.15. The Morgan fingerprint density at radius 3 is 2.73 bits per heavy atom. The minimum absolute atomic E-state index is 0.128. The van der Waals surface area contributed by atoms with Gasteiger partial charge in [-0.05, 0) is 30.2 Å². The van der Waals surface area contributed by atoms with Gasteiger partial charge in [0.15, 0.2) is 5.75 Å². The van der Waals surface area contributed by atoms with E-state index in [2.05, 4.69) is 19.7 Å². The van der Waals surface area contributed by atoms with Crippen molar-refractivity contribution >= 4 is 21.8 Å². The van der Waals surface area contributed by atoms with Crippen LogP contribution in [0.2, 0.25) is 0 Å². The van der Waals surface area contributed by atoms with E-state index >= 15 is 0 Å². The van der Waals surface area contributed by atoms with E-state index in [-0.39, 0.29) is 12.1 Å². The molecule has 154 valence electrons. The standard InChI is InChI=1S/C20H19N5O4S/c1-25-11-17(15-5-6-23-19(15)20(25)26)16-8-13(4-7-24-30(27)28)2-3-18(16)29-14-9-21-12-22-10-14/h2-3,5-6,8-12,23,30H,4,7H2,1H3,(H,24,27,28). The number of pyridine rings is 1. The first-order chi connectivity index (χ1) is 14.5. The Bertz CT molecular complexity index is 1320. The van der Waals surface area contributed by atoms with Crippen LogP contribution in [-0.2, 0) is 24.4 Å². The Balaban J connectivity index is 1.83. The second-order valence-corrected chi connectivity index (χ2v) is 7.48. The van der Waals surface area contributed by atoms with Crippen molar-refractivity contribution < 1.29 is 13.2 Å². The predicted molar refractivity (Wildman–Crippen MR) is 113 cm³/mol. The lowest BCUT2D eigenvalue weighted by molar-refractivity contribution is 0.479. The van der Waals surface area contributed by atoms with Gasteiger partial charge in [-0.3, -0.25) is 4.79 Å². The molecule has 0 atom stereocenters. The highest BCUT2D eigenvalue weighted by atomic mass is 32.2. The Kier molecular flexibility index (Phi) is 5.59. The first-order valence-electron chi connectivity index (χ1n) is 9.13. The number of aryl methyl sites for hydroxylation is 1. The van der Waals surface area contributed by atoms with Gasteiger partial charge in [-0.1, -0.05) is 6.07 Å². The maximum atomic E-state index is 12.4. The van der Waals surface area contributed by atoms with E-state index in [9.17, 15) is 13.2 Å². The molecule has 0 spiro atoms. The van der Waals surface area contributed by atoms with Gasteiger partial charge in [-0.2, -0.15) is 0 Å². The van der Waals surface area contributed by atoms with Crippen molar-refractivity contribution in [1.29, 1.82) is 0 Å². The van der Waals surface area contributed by atoms with Crippen LogP contribution in [0.4, 0.5) is 0 Å². The first-order valence-corrected chi connectivity index (χ1v) is 10.3. The fourth-order valence-electron chi connectivity index (χ4n) is 3.27. The molecular weight excluding hydrogens is 406 g/mol. The van der Waals surface area contributed by atoms with Gasteiger partial charge in [0.25, 0.3) is 5.56 Å². The number of thiol groups is 1. The number of hydrogen-bond acceptors (Lipinski definition) is 6. The number of nitrogens with zero attached hydrogens (tertiary/aromatic N) is 3. The van der Waals surface area contributed by atoms with Crippen LogP contribution in [0, 0.1) is 0 Å². The number of ether oxygens (including phenoxy) is 1. The minimum atomic E-state index is -2.64. The normalized spacial score (nSPS) is 11.3. The summed E-state index contributed by atoms with van der Waals surface area (Å²) in [4.78, 5) is 23.4. The van der Waals surface area contributed by atoms with E-state index in [0.717, 1.165) is 22.1 Å². The lowest BCUT2D eigenvalue weighted by atomic mass is 9.99. The quantitative estimate of drug-likeness (QED) is 0.388. The molecular formula is C20H19N5O4S. The van der Waals surface area contributed by atoms with Crippen molar-refractivity contribution in [1.82, 2.24) is 24.2 Å². The van der Waals surface area contributed by atoms with Crippen LogP contribution in [0.25, 0.3) is 22.0 Å². The van der Waals surface area contributed by atoms with Gasteiger partial charge in [0.1, 0.15) is 17.6 Å². The molecule has 10 heteroatoms. The van der Waals surface area contributed by atoms with Gasteiger partial charge >= 0.3 is 0 Å². The summed E-state index contributed by atoms with van der Waals surface area (Å²) < 4.78 is 31.5. The molecule has 0 fully saturated rings. The Hall–Kier alpha value is -3.50. The van der Waals surface area contributed by atoms with Crippen LogP contribution in [0.15, 0.2) is 60.2 Å². The predicted octanol–water partition coefficient (Wildman–Crippen LogP) is 1.77. The average molecular weight is 425 g/mol. The fraction of sp³-hybridized carbons (Fsp3) is 0.150. The van der Waals surface area contributed by atoms with Gasteiger partial charge < -0.3 is 14.3 Å². The molecule has 0 unspecified atom stereocenters. The maximum Gasteiger partial charge on any atom is 0.274 e. The van der Waals surface area contributed by atoms with Crippen LogP contribution in [0.3, 0.4) is 0 Å². The third kappa shape index (κ3) is 4.09. The molecule has 0 radical (unpaired) electrons. The molecule has 1 aromatic carbocycles. The molecule has 0 aliphatic rings. The van der Waals surface area contributed by atoms with Crippen molar-refractivity contribution in [2.75, 3.05) is 6.54 Å². The molecule has 3 heterocycles. The zero-order chi connectivity index (χ0) is 21.1. The number of aromatic amines is 1. The second kappa shape index (κ2) is 8.47. The third-order valence-corrected chi connectivity index (χ3v) is 5.13. The van der Waals surface area contributed by atoms with Crippen molar-refractivity contribution in [3.05, 3.63) is 71.3 Å². The smallest absolute Gasteiger partial charge is 0.274 e. The summed E-state index contributed by atoms with van der Waals surface area (Å²) in [6.07, 6.45) is 8.53. The molecule has 0 aliphatic carbocycles. The Morgan fingerprint density at radius 1 is 1.17 bits per heavy atom. The topological polar surface area (TPSA) is 119 Å². The summed E-state index contributed by atoms with van der Waals surface area (Å²) in [5, 5.41) is 0.769. The lowest BCUT2D eigenvalue weighted by Crippen LogP contribution is -2.16. The molecule has 0 saturated heterocycles. The van der Waals surface area contributed by atoms with Crippen molar-refractivity contribution in [2.45, 2.75) is 6.42 Å². The van der Waals surface area contributed by atoms with Crippen LogP contribution in [-0.4, -0.2) is 34.5 Å². The van der Waals surface area contributed by atoms with E-state index in [4.69, 9.17) is 4.74 Å². The number of H-pyrrole nitrogens is 1. The van der Waals surface area contributed by atoms with Crippen LogP contribution < -0.4 is 15.0 Å². The monoisotopic (exact) mass is 425 g/mol. The number of hydrogen-bond donors (Lipinski definition) is 3.